The predicted molar refractivity (Wildman–Crippen MR) is 102 cm³/mol. The maximum absolute atomic E-state index is 13.0. The zero-order valence-electron chi connectivity index (χ0n) is 15.4. The van der Waals surface area contributed by atoms with Crippen molar-refractivity contribution in [2.75, 3.05) is 18.0 Å². The molecule has 2 amide bonds. The summed E-state index contributed by atoms with van der Waals surface area (Å²) in [6.07, 6.45) is 1.20. The Morgan fingerprint density at radius 3 is 2.62 bits per heavy atom. The van der Waals surface area contributed by atoms with Crippen LogP contribution in [0.1, 0.15) is 28.7 Å². The van der Waals surface area contributed by atoms with Crippen LogP contribution in [0.4, 0.5) is 5.69 Å². The van der Waals surface area contributed by atoms with Crippen molar-refractivity contribution in [3.8, 4) is 0 Å². The second-order valence-electron chi connectivity index (χ2n) is 7.47. The number of nitrogens with zero attached hydrogens (tertiary/aromatic N) is 2. The smallest absolute Gasteiger partial charge is 0.228 e. The lowest BCUT2D eigenvalue weighted by Crippen LogP contribution is -2.40. The molecule has 0 radical (unpaired) electrons. The van der Waals surface area contributed by atoms with Crippen LogP contribution in [-0.2, 0) is 22.6 Å². The molecule has 0 saturated carbocycles. The minimum absolute atomic E-state index is 0.0488. The topological polar surface area (TPSA) is 40.6 Å². The number of benzene rings is 2. The Labute approximate surface area is 154 Å². The van der Waals surface area contributed by atoms with Gasteiger partial charge in [0.2, 0.25) is 11.8 Å². The van der Waals surface area contributed by atoms with Gasteiger partial charge in [-0.15, -0.1) is 0 Å². The van der Waals surface area contributed by atoms with Crippen molar-refractivity contribution in [3.63, 3.8) is 0 Å². The van der Waals surface area contributed by atoms with Gasteiger partial charge in [0.15, 0.2) is 0 Å². The van der Waals surface area contributed by atoms with E-state index in [0.29, 0.717) is 19.5 Å². The number of rotatable bonds is 2. The molecule has 2 aromatic rings. The Balaban J connectivity index is 1.49. The van der Waals surface area contributed by atoms with E-state index >= 15 is 0 Å². The average molecular weight is 348 g/mol. The summed E-state index contributed by atoms with van der Waals surface area (Å²) in [7, 11) is 0. The molecule has 0 aliphatic carbocycles. The third kappa shape index (κ3) is 3.00. The molecule has 0 bridgehead atoms. The highest BCUT2D eigenvalue weighted by Crippen LogP contribution is 2.30. The normalized spacial score (nSPS) is 19.6. The minimum Gasteiger partial charge on any atom is -0.338 e. The molecular weight excluding hydrogens is 324 g/mol. The Morgan fingerprint density at radius 2 is 1.85 bits per heavy atom. The molecule has 134 valence electrons. The van der Waals surface area contributed by atoms with E-state index in [9.17, 15) is 9.59 Å². The first-order chi connectivity index (χ1) is 12.5. The van der Waals surface area contributed by atoms with E-state index in [4.69, 9.17) is 0 Å². The molecular formula is C22H24N2O2. The van der Waals surface area contributed by atoms with Gasteiger partial charge < -0.3 is 9.80 Å². The Hall–Kier alpha value is -2.62. The van der Waals surface area contributed by atoms with E-state index in [1.54, 1.807) is 4.90 Å². The molecule has 2 heterocycles. The van der Waals surface area contributed by atoms with Crippen molar-refractivity contribution in [1.82, 2.24) is 4.90 Å². The van der Waals surface area contributed by atoms with Gasteiger partial charge in [0.1, 0.15) is 0 Å². The number of carbonyl (C=O) groups is 2. The summed E-state index contributed by atoms with van der Waals surface area (Å²) in [5.74, 6) is -0.0821. The Bertz CT molecular complexity index is 874. The van der Waals surface area contributed by atoms with Gasteiger partial charge in [-0.2, -0.15) is 0 Å². The third-order valence-electron chi connectivity index (χ3n) is 5.56. The van der Waals surface area contributed by atoms with Crippen molar-refractivity contribution in [1.29, 1.82) is 0 Å². The summed E-state index contributed by atoms with van der Waals surface area (Å²) >= 11 is 0. The number of aryl methyl sites for hydroxylation is 2. The van der Waals surface area contributed by atoms with E-state index in [-0.39, 0.29) is 17.7 Å². The fraction of sp³-hybridized carbons (Fsp3) is 0.364. The summed E-state index contributed by atoms with van der Waals surface area (Å²) in [6, 6.07) is 14.4. The molecule has 4 nitrogen and oxygen atoms in total. The van der Waals surface area contributed by atoms with Crippen LogP contribution >= 0.6 is 0 Å². The number of hydrogen-bond acceptors (Lipinski definition) is 2. The number of fused-ring (bicyclic) bond motifs is 1. The predicted octanol–water partition coefficient (Wildman–Crippen LogP) is 3.24. The second kappa shape index (κ2) is 6.60. The van der Waals surface area contributed by atoms with Crippen molar-refractivity contribution < 1.29 is 9.59 Å². The zero-order chi connectivity index (χ0) is 18.3. The van der Waals surface area contributed by atoms with Crippen molar-refractivity contribution in [3.05, 3.63) is 64.7 Å². The molecule has 4 heteroatoms. The van der Waals surface area contributed by atoms with Crippen molar-refractivity contribution in [2.45, 2.75) is 33.2 Å². The molecule has 0 aromatic heterocycles. The van der Waals surface area contributed by atoms with Crippen LogP contribution in [-0.4, -0.2) is 29.8 Å². The molecule has 2 aliphatic heterocycles. The van der Waals surface area contributed by atoms with Crippen LogP contribution in [0.5, 0.6) is 0 Å². The third-order valence-corrected chi connectivity index (χ3v) is 5.56. The lowest BCUT2D eigenvalue weighted by atomic mass is 9.98. The summed E-state index contributed by atoms with van der Waals surface area (Å²) in [6.45, 7) is 5.95. The number of amides is 2. The first-order valence-corrected chi connectivity index (χ1v) is 9.26. The van der Waals surface area contributed by atoms with Gasteiger partial charge in [0.05, 0.1) is 5.92 Å². The first-order valence-electron chi connectivity index (χ1n) is 9.26. The summed E-state index contributed by atoms with van der Waals surface area (Å²) in [5.41, 5.74) is 5.74. The van der Waals surface area contributed by atoms with Crippen molar-refractivity contribution in [2.24, 2.45) is 5.92 Å². The standard InChI is InChI=1S/C22H24N2O2/c1-15-7-8-20(16(2)11-15)24-14-19(12-21(24)25)22(26)23-10-9-17-5-3-4-6-18(17)13-23/h3-8,11,19H,9-10,12-14H2,1-2H3. The van der Waals surface area contributed by atoms with Crippen LogP contribution in [0.15, 0.2) is 42.5 Å². The highest BCUT2D eigenvalue weighted by atomic mass is 16.2. The molecule has 1 fully saturated rings. The van der Waals surface area contributed by atoms with E-state index in [1.807, 2.05) is 43.0 Å². The van der Waals surface area contributed by atoms with Gasteiger partial charge in [-0.1, -0.05) is 42.0 Å². The number of hydrogen-bond donors (Lipinski definition) is 0. The van der Waals surface area contributed by atoms with Gasteiger partial charge in [-0.25, -0.2) is 0 Å². The number of carbonyl (C=O) groups excluding carboxylic acids is 2. The highest BCUT2D eigenvalue weighted by Gasteiger charge is 2.38. The second-order valence-corrected chi connectivity index (χ2v) is 7.47. The van der Waals surface area contributed by atoms with Gasteiger partial charge in [-0.05, 0) is 43.0 Å². The van der Waals surface area contributed by atoms with E-state index < -0.39 is 0 Å². The Kier molecular flexibility index (Phi) is 4.27. The fourth-order valence-corrected chi connectivity index (χ4v) is 4.16. The van der Waals surface area contributed by atoms with Crippen LogP contribution in [0.25, 0.3) is 0 Å². The highest BCUT2D eigenvalue weighted by molar-refractivity contribution is 6.00. The molecule has 0 spiro atoms. The zero-order valence-corrected chi connectivity index (χ0v) is 15.4. The monoisotopic (exact) mass is 348 g/mol. The quantitative estimate of drug-likeness (QED) is 0.836. The largest absolute Gasteiger partial charge is 0.338 e. The molecule has 2 aliphatic rings. The summed E-state index contributed by atoms with van der Waals surface area (Å²) in [5, 5.41) is 0. The summed E-state index contributed by atoms with van der Waals surface area (Å²) in [4.78, 5) is 29.3. The van der Waals surface area contributed by atoms with Crippen molar-refractivity contribution >= 4 is 17.5 Å². The van der Waals surface area contributed by atoms with Gasteiger partial charge in [-0.3, -0.25) is 9.59 Å². The number of anilines is 1. The van der Waals surface area contributed by atoms with Crippen LogP contribution in [0.3, 0.4) is 0 Å². The molecule has 1 unspecified atom stereocenters. The van der Waals surface area contributed by atoms with Crippen LogP contribution in [0.2, 0.25) is 0 Å². The maximum Gasteiger partial charge on any atom is 0.228 e. The van der Waals surface area contributed by atoms with Gasteiger partial charge >= 0.3 is 0 Å². The SMILES string of the molecule is Cc1ccc(N2CC(C(=O)N3CCc4ccccc4C3)CC2=O)c(C)c1. The van der Waals surface area contributed by atoms with Crippen LogP contribution in [0, 0.1) is 19.8 Å². The average Bonchev–Trinajstić information content (AvgIpc) is 3.02. The fourth-order valence-electron chi connectivity index (χ4n) is 4.16. The molecule has 0 N–H and O–H groups in total. The summed E-state index contributed by atoms with van der Waals surface area (Å²) < 4.78 is 0. The molecule has 2 aromatic carbocycles. The first kappa shape index (κ1) is 16.8. The van der Waals surface area contributed by atoms with E-state index in [1.165, 1.54) is 16.7 Å². The minimum atomic E-state index is -0.242. The van der Waals surface area contributed by atoms with Gasteiger partial charge in [0, 0.05) is 31.7 Å². The molecule has 4 rings (SSSR count). The maximum atomic E-state index is 13.0. The van der Waals surface area contributed by atoms with E-state index in [2.05, 4.69) is 18.2 Å². The van der Waals surface area contributed by atoms with Crippen LogP contribution < -0.4 is 4.90 Å². The lowest BCUT2D eigenvalue weighted by Gasteiger charge is -2.30. The Morgan fingerprint density at radius 1 is 1.08 bits per heavy atom. The molecule has 1 saturated heterocycles. The molecule has 26 heavy (non-hydrogen) atoms. The molecule has 1 atom stereocenters. The lowest BCUT2D eigenvalue weighted by molar-refractivity contribution is -0.136. The van der Waals surface area contributed by atoms with Gasteiger partial charge in [0.25, 0.3) is 0 Å². The van der Waals surface area contributed by atoms with E-state index in [0.717, 1.165) is 24.2 Å².